The van der Waals surface area contributed by atoms with Gasteiger partial charge in [0.15, 0.2) is 0 Å². The lowest BCUT2D eigenvalue weighted by molar-refractivity contribution is -0.152. The SMILES string of the molecule is COC1CC(C(=O)O)N(C(=O)COC2CC(C)CCC2C(C)C)C1. The summed E-state index contributed by atoms with van der Waals surface area (Å²) in [5.74, 6) is 0.372. The van der Waals surface area contributed by atoms with Crippen LogP contribution >= 0.6 is 0 Å². The van der Waals surface area contributed by atoms with Crippen molar-refractivity contribution in [2.45, 2.75) is 64.7 Å². The number of aliphatic carboxylic acids is 1. The lowest BCUT2D eigenvalue weighted by Crippen LogP contribution is -2.44. The van der Waals surface area contributed by atoms with E-state index in [-0.39, 0.29) is 24.7 Å². The maximum absolute atomic E-state index is 12.5. The molecule has 138 valence electrons. The average Bonchev–Trinajstić information content (AvgIpc) is 2.97. The first kappa shape index (κ1) is 19.2. The van der Waals surface area contributed by atoms with Crippen LogP contribution in [0.4, 0.5) is 0 Å². The molecule has 1 aliphatic heterocycles. The van der Waals surface area contributed by atoms with Crippen molar-refractivity contribution in [1.82, 2.24) is 4.90 Å². The van der Waals surface area contributed by atoms with Crippen LogP contribution in [0.3, 0.4) is 0 Å². The van der Waals surface area contributed by atoms with Crippen LogP contribution in [0.25, 0.3) is 0 Å². The molecule has 0 aromatic carbocycles. The third kappa shape index (κ3) is 4.48. The maximum atomic E-state index is 12.5. The molecule has 0 bridgehead atoms. The van der Waals surface area contributed by atoms with E-state index in [4.69, 9.17) is 9.47 Å². The molecule has 5 unspecified atom stereocenters. The predicted molar refractivity (Wildman–Crippen MR) is 89.6 cm³/mol. The molecule has 0 aromatic heterocycles. The van der Waals surface area contributed by atoms with Gasteiger partial charge in [-0.3, -0.25) is 4.79 Å². The Morgan fingerprint density at radius 3 is 2.54 bits per heavy atom. The van der Waals surface area contributed by atoms with E-state index in [2.05, 4.69) is 20.8 Å². The number of nitrogens with zero attached hydrogens (tertiary/aromatic N) is 1. The zero-order valence-corrected chi connectivity index (χ0v) is 15.2. The van der Waals surface area contributed by atoms with Crippen LogP contribution in [-0.4, -0.2) is 60.4 Å². The molecule has 1 heterocycles. The normalized spacial score (nSPS) is 33.9. The van der Waals surface area contributed by atoms with Gasteiger partial charge in [-0.15, -0.1) is 0 Å². The third-order valence-corrected chi connectivity index (χ3v) is 5.58. The number of carboxylic acid groups (broad SMARTS) is 1. The molecular formula is C18H31NO5. The van der Waals surface area contributed by atoms with E-state index in [0.717, 1.165) is 12.8 Å². The first-order valence-electron chi connectivity index (χ1n) is 9.00. The van der Waals surface area contributed by atoms with Gasteiger partial charge in [0.05, 0.1) is 12.2 Å². The molecule has 2 aliphatic rings. The summed E-state index contributed by atoms with van der Waals surface area (Å²) in [7, 11) is 1.55. The molecule has 5 atom stereocenters. The molecule has 24 heavy (non-hydrogen) atoms. The second-order valence-corrected chi connectivity index (χ2v) is 7.67. The molecule has 0 radical (unpaired) electrons. The summed E-state index contributed by atoms with van der Waals surface area (Å²) in [4.78, 5) is 25.3. The van der Waals surface area contributed by atoms with Crippen LogP contribution in [0, 0.1) is 17.8 Å². The zero-order valence-electron chi connectivity index (χ0n) is 15.2. The van der Waals surface area contributed by atoms with Gasteiger partial charge in [0.25, 0.3) is 0 Å². The highest BCUT2D eigenvalue weighted by Crippen LogP contribution is 2.35. The number of amides is 1. The minimum atomic E-state index is -0.978. The molecule has 0 spiro atoms. The van der Waals surface area contributed by atoms with E-state index in [1.165, 1.54) is 11.3 Å². The first-order valence-corrected chi connectivity index (χ1v) is 9.00. The summed E-state index contributed by atoms with van der Waals surface area (Å²) >= 11 is 0. The standard InChI is InChI=1S/C18H31NO5/c1-11(2)14-6-5-12(3)7-16(14)24-10-17(20)19-9-13(23-4)8-15(19)18(21)22/h11-16H,5-10H2,1-4H3,(H,21,22). The second kappa shape index (κ2) is 8.30. The molecule has 2 fully saturated rings. The zero-order chi connectivity index (χ0) is 17.9. The quantitative estimate of drug-likeness (QED) is 0.801. The highest BCUT2D eigenvalue weighted by Gasteiger charge is 2.40. The van der Waals surface area contributed by atoms with Gasteiger partial charge in [0, 0.05) is 20.1 Å². The second-order valence-electron chi connectivity index (χ2n) is 7.67. The smallest absolute Gasteiger partial charge is 0.326 e. The van der Waals surface area contributed by atoms with Crippen molar-refractivity contribution in [3.63, 3.8) is 0 Å². The number of hydrogen-bond acceptors (Lipinski definition) is 4. The van der Waals surface area contributed by atoms with E-state index in [0.29, 0.717) is 30.7 Å². The maximum Gasteiger partial charge on any atom is 0.326 e. The van der Waals surface area contributed by atoms with E-state index in [1.54, 1.807) is 7.11 Å². The molecule has 6 heteroatoms. The van der Waals surface area contributed by atoms with Crippen LogP contribution in [0.5, 0.6) is 0 Å². The fraction of sp³-hybridized carbons (Fsp3) is 0.889. The number of carbonyl (C=O) groups excluding carboxylic acids is 1. The van der Waals surface area contributed by atoms with Gasteiger partial charge in [-0.1, -0.05) is 27.2 Å². The number of likely N-dealkylation sites (tertiary alicyclic amines) is 1. The van der Waals surface area contributed by atoms with Crippen molar-refractivity contribution in [2.24, 2.45) is 17.8 Å². The Balaban J connectivity index is 1.94. The molecule has 1 saturated heterocycles. The Labute approximate surface area is 144 Å². The van der Waals surface area contributed by atoms with Gasteiger partial charge in [0.1, 0.15) is 12.6 Å². The Kier molecular flexibility index (Phi) is 6.63. The van der Waals surface area contributed by atoms with Crippen LogP contribution in [-0.2, 0) is 19.1 Å². The molecule has 0 aromatic rings. The molecular weight excluding hydrogens is 310 g/mol. The molecule has 1 amide bonds. The highest BCUT2D eigenvalue weighted by atomic mass is 16.5. The van der Waals surface area contributed by atoms with E-state index >= 15 is 0 Å². The van der Waals surface area contributed by atoms with Crippen molar-refractivity contribution in [3.05, 3.63) is 0 Å². The van der Waals surface area contributed by atoms with E-state index in [9.17, 15) is 14.7 Å². The summed E-state index contributed by atoms with van der Waals surface area (Å²) in [6.07, 6.45) is 3.52. The van der Waals surface area contributed by atoms with Gasteiger partial charge >= 0.3 is 5.97 Å². The van der Waals surface area contributed by atoms with Crippen LogP contribution < -0.4 is 0 Å². The van der Waals surface area contributed by atoms with Crippen molar-refractivity contribution in [2.75, 3.05) is 20.3 Å². The van der Waals surface area contributed by atoms with Crippen molar-refractivity contribution in [1.29, 1.82) is 0 Å². The number of ether oxygens (including phenoxy) is 2. The molecule has 6 nitrogen and oxygen atoms in total. The fourth-order valence-electron chi connectivity index (χ4n) is 4.05. The first-order chi connectivity index (χ1) is 11.3. The topological polar surface area (TPSA) is 76.1 Å². The highest BCUT2D eigenvalue weighted by molar-refractivity contribution is 5.85. The number of methoxy groups -OCH3 is 1. The predicted octanol–water partition coefficient (Wildman–Crippen LogP) is 2.16. The van der Waals surface area contributed by atoms with Gasteiger partial charge in [-0.2, -0.15) is 0 Å². The van der Waals surface area contributed by atoms with E-state index in [1.807, 2.05) is 0 Å². The average molecular weight is 341 g/mol. The van der Waals surface area contributed by atoms with E-state index < -0.39 is 12.0 Å². The monoisotopic (exact) mass is 341 g/mol. The largest absolute Gasteiger partial charge is 0.480 e. The Bertz CT molecular complexity index is 453. The van der Waals surface area contributed by atoms with Gasteiger partial charge < -0.3 is 19.5 Å². The lowest BCUT2D eigenvalue weighted by Gasteiger charge is -2.37. The summed E-state index contributed by atoms with van der Waals surface area (Å²) in [6.45, 7) is 6.90. The number of carbonyl (C=O) groups is 2. The third-order valence-electron chi connectivity index (χ3n) is 5.58. The van der Waals surface area contributed by atoms with Gasteiger partial charge in [-0.25, -0.2) is 4.79 Å². The minimum absolute atomic E-state index is 0.0409. The Hall–Kier alpha value is -1.14. The Morgan fingerprint density at radius 2 is 1.96 bits per heavy atom. The minimum Gasteiger partial charge on any atom is -0.480 e. The van der Waals surface area contributed by atoms with Crippen molar-refractivity contribution >= 4 is 11.9 Å². The van der Waals surface area contributed by atoms with Crippen LogP contribution in [0.15, 0.2) is 0 Å². The lowest BCUT2D eigenvalue weighted by atomic mass is 9.75. The molecule has 2 rings (SSSR count). The van der Waals surface area contributed by atoms with Crippen LogP contribution in [0.1, 0.15) is 46.5 Å². The Morgan fingerprint density at radius 1 is 1.25 bits per heavy atom. The fourth-order valence-corrected chi connectivity index (χ4v) is 4.05. The molecule has 1 saturated carbocycles. The molecule has 1 N–H and O–H groups in total. The van der Waals surface area contributed by atoms with Crippen molar-refractivity contribution < 1.29 is 24.2 Å². The molecule has 1 aliphatic carbocycles. The summed E-state index contributed by atoms with van der Waals surface area (Å²) < 4.78 is 11.2. The number of rotatable bonds is 6. The van der Waals surface area contributed by atoms with Crippen LogP contribution in [0.2, 0.25) is 0 Å². The summed E-state index contributed by atoms with van der Waals surface area (Å²) in [5.41, 5.74) is 0. The van der Waals surface area contributed by atoms with Gasteiger partial charge in [0.2, 0.25) is 5.91 Å². The summed E-state index contributed by atoms with van der Waals surface area (Å²) in [6, 6.07) is -0.808. The van der Waals surface area contributed by atoms with Crippen molar-refractivity contribution in [3.8, 4) is 0 Å². The number of carboxylic acids is 1. The summed E-state index contributed by atoms with van der Waals surface area (Å²) in [5, 5.41) is 9.32. The van der Waals surface area contributed by atoms with Gasteiger partial charge in [-0.05, 0) is 30.6 Å². The number of hydrogen-bond donors (Lipinski definition) is 1.